The van der Waals surface area contributed by atoms with Gasteiger partial charge in [-0.05, 0) is 50.1 Å². The van der Waals surface area contributed by atoms with E-state index in [1.807, 2.05) is 0 Å². The fourth-order valence-electron chi connectivity index (χ4n) is 1.19. The van der Waals surface area contributed by atoms with Crippen LogP contribution in [0.1, 0.15) is 0 Å². The summed E-state index contributed by atoms with van der Waals surface area (Å²) in [6.07, 6.45) is 1.53. The molecule has 4 nitrogen and oxygen atoms in total. The standard InChI is InChI=1S/C10H7Br2FN4/c11-6-2-1-5(13)3-8(6)16-9-7(12)4-15-10(14)17-9/h1-4H,(H3,14,15,16,17). The van der Waals surface area contributed by atoms with Crippen LogP contribution in [0.5, 0.6) is 0 Å². The Kier molecular flexibility index (Phi) is 3.58. The van der Waals surface area contributed by atoms with Gasteiger partial charge in [0.05, 0.1) is 10.2 Å². The van der Waals surface area contributed by atoms with Crippen LogP contribution < -0.4 is 11.1 Å². The summed E-state index contributed by atoms with van der Waals surface area (Å²) < 4.78 is 14.5. The van der Waals surface area contributed by atoms with E-state index in [4.69, 9.17) is 5.73 Å². The fourth-order valence-corrected chi connectivity index (χ4v) is 1.83. The van der Waals surface area contributed by atoms with Gasteiger partial charge in [0.2, 0.25) is 5.95 Å². The molecule has 0 saturated carbocycles. The Hall–Kier alpha value is -1.21. The second kappa shape index (κ2) is 4.97. The number of benzene rings is 1. The van der Waals surface area contributed by atoms with E-state index in [1.165, 1.54) is 18.3 Å². The Morgan fingerprint density at radius 3 is 2.76 bits per heavy atom. The van der Waals surface area contributed by atoms with E-state index in [0.717, 1.165) is 4.47 Å². The van der Waals surface area contributed by atoms with E-state index in [0.29, 0.717) is 16.0 Å². The minimum atomic E-state index is -0.339. The minimum Gasteiger partial charge on any atom is -0.368 e. The maximum absolute atomic E-state index is 13.1. The third-order valence-electron chi connectivity index (χ3n) is 1.94. The van der Waals surface area contributed by atoms with Crippen molar-refractivity contribution >= 4 is 49.3 Å². The molecule has 0 bridgehead atoms. The van der Waals surface area contributed by atoms with Crippen molar-refractivity contribution in [3.63, 3.8) is 0 Å². The Bertz CT molecular complexity index is 512. The van der Waals surface area contributed by atoms with Gasteiger partial charge in [0.1, 0.15) is 11.6 Å². The maximum atomic E-state index is 13.1. The van der Waals surface area contributed by atoms with Crippen molar-refractivity contribution in [1.82, 2.24) is 9.97 Å². The number of anilines is 3. The topological polar surface area (TPSA) is 63.8 Å². The number of nitrogen functional groups attached to an aromatic ring is 1. The zero-order chi connectivity index (χ0) is 12.4. The molecule has 0 radical (unpaired) electrons. The molecule has 7 heteroatoms. The number of halogens is 3. The molecule has 0 unspecified atom stereocenters. The van der Waals surface area contributed by atoms with Crippen molar-refractivity contribution in [3.8, 4) is 0 Å². The minimum absolute atomic E-state index is 0.142. The van der Waals surface area contributed by atoms with Crippen molar-refractivity contribution < 1.29 is 4.39 Å². The summed E-state index contributed by atoms with van der Waals surface area (Å²) in [7, 11) is 0. The predicted molar refractivity (Wildman–Crippen MR) is 71.5 cm³/mol. The maximum Gasteiger partial charge on any atom is 0.222 e. The first kappa shape index (κ1) is 12.3. The summed E-state index contributed by atoms with van der Waals surface area (Å²) in [4.78, 5) is 7.82. The van der Waals surface area contributed by atoms with Crippen LogP contribution in [0.2, 0.25) is 0 Å². The van der Waals surface area contributed by atoms with E-state index >= 15 is 0 Å². The third-order valence-corrected chi connectivity index (χ3v) is 3.22. The lowest BCUT2D eigenvalue weighted by molar-refractivity contribution is 0.628. The molecule has 1 aromatic heterocycles. The lowest BCUT2D eigenvalue weighted by atomic mass is 10.3. The van der Waals surface area contributed by atoms with Crippen LogP contribution in [0, 0.1) is 5.82 Å². The van der Waals surface area contributed by atoms with Crippen LogP contribution in [0.4, 0.5) is 21.8 Å². The van der Waals surface area contributed by atoms with Gasteiger partial charge in [0.25, 0.3) is 0 Å². The van der Waals surface area contributed by atoms with Gasteiger partial charge >= 0.3 is 0 Å². The van der Waals surface area contributed by atoms with Gasteiger partial charge < -0.3 is 11.1 Å². The number of rotatable bonds is 2. The summed E-state index contributed by atoms with van der Waals surface area (Å²) in [6, 6.07) is 4.32. The van der Waals surface area contributed by atoms with Crippen LogP contribution in [0.25, 0.3) is 0 Å². The highest BCUT2D eigenvalue weighted by Crippen LogP contribution is 2.29. The Morgan fingerprint density at radius 1 is 1.24 bits per heavy atom. The zero-order valence-electron chi connectivity index (χ0n) is 8.42. The molecule has 17 heavy (non-hydrogen) atoms. The molecular formula is C10H7Br2FN4. The Labute approximate surface area is 114 Å². The average molecular weight is 362 g/mol. The number of hydrogen-bond donors (Lipinski definition) is 2. The van der Waals surface area contributed by atoms with E-state index in [-0.39, 0.29) is 11.8 Å². The van der Waals surface area contributed by atoms with Crippen molar-refractivity contribution in [3.05, 3.63) is 39.2 Å². The Balaban J connectivity index is 2.37. The highest BCUT2D eigenvalue weighted by molar-refractivity contribution is 9.11. The normalized spacial score (nSPS) is 10.3. The predicted octanol–water partition coefficient (Wildman–Crippen LogP) is 3.47. The molecule has 0 aliphatic rings. The molecule has 3 N–H and O–H groups in total. The second-order valence-electron chi connectivity index (χ2n) is 3.17. The molecule has 88 valence electrons. The molecule has 1 heterocycles. The van der Waals surface area contributed by atoms with Gasteiger partial charge in [-0.1, -0.05) is 0 Å². The zero-order valence-corrected chi connectivity index (χ0v) is 11.6. The molecule has 2 aromatic rings. The number of aromatic nitrogens is 2. The van der Waals surface area contributed by atoms with E-state index in [1.54, 1.807) is 6.07 Å². The van der Waals surface area contributed by atoms with Crippen LogP contribution in [0.15, 0.2) is 33.3 Å². The molecule has 1 aromatic carbocycles. The van der Waals surface area contributed by atoms with E-state index < -0.39 is 0 Å². The largest absolute Gasteiger partial charge is 0.368 e. The number of nitrogens with zero attached hydrogens (tertiary/aromatic N) is 2. The second-order valence-corrected chi connectivity index (χ2v) is 4.88. The van der Waals surface area contributed by atoms with Crippen molar-refractivity contribution in [1.29, 1.82) is 0 Å². The number of nitrogens with two attached hydrogens (primary N) is 1. The lowest BCUT2D eigenvalue weighted by Crippen LogP contribution is -2.01. The first-order valence-corrected chi connectivity index (χ1v) is 6.15. The molecule has 0 saturated heterocycles. The molecule has 0 amide bonds. The molecule has 0 fully saturated rings. The van der Waals surface area contributed by atoms with E-state index in [2.05, 4.69) is 47.1 Å². The van der Waals surface area contributed by atoms with Crippen LogP contribution in [0.3, 0.4) is 0 Å². The summed E-state index contributed by atoms with van der Waals surface area (Å²) in [5, 5.41) is 2.96. The highest BCUT2D eigenvalue weighted by Gasteiger charge is 2.07. The first-order valence-electron chi connectivity index (χ1n) is 4.56. The van der Waals surface area contributed by atoms with Gasteiger partial charge in [-0.15, -0.1) is 0 Å². The first-order chi connectivity index (χ1) is 8.06. The van der Waals surface area contributed by atoms with E-state index in [9.17, 15) is 4.39 Å². The number of hydrogen-bond acceptors (Lipinski definition) is 4. The SMILES string of the molecule is Nc1ncc(Br)c(Nc2cc(F)ccc2Br)n1. The molecule has 0 atom stereocenters. The van der Waals surface area contributed by atoms with Crippen molar-refractivity contribution in [2.24, 2.45) is 0 Å². The third kappa shape index (κ3) is 2.92. The molecule has 0 aliphatic heterocycles. The fraction of sp³-hybridized carbons (Fsp3) is 0. The van der Waals surface area contributed by atoms with Crippen molar-refractivity contribution in [2.75, 3.05) is 11.1 Å². The van der Waals surface area contributed by atoms with Crippen molar-refractivity contribution in [2.45, 2.75) is 0 Å². The summed E-state index contributed by atoms with van der Waals surface area (Å²) in [6.45, 7) is 0. The smallest absolute Gasteiger partial charge is 0.222 e. The quantitative estimate of drug-likeness (QED) is 0.859. The van der Waals surface area contributed by atoms with Crippen LogP contribution in [-0.4, -0.2) is 9.97 Å². The van der Waals surface area contributed by atoms with Gasteiger partial charge in [0.15, 0.2) is 0 Å². The van der Waals surface area contributed by atoms with Gasteiger partial charge in [-0.2, -0.15) is 4.98 Å². The Morgan fingerprint density at radius 2 is 2.00 bits per heavy atom. The molecule has 2 rings (SSSR count). The monoisotopic (exact) mass is 360 g/mol. The number of nitrogens with one attached hydrogen (secondary N) is 1. The van der Waals surface area contributed by atoms with Gasteiger partial charge in [0, 0.05) is 10.7 Å². The highest BCUT2D eigenvalue weighted by atomic mass is 79.9. The van der Waals surface area contributed by atoms with Crippen LogP contribution >= 0.6 is 31.9 Å². The summed E-state index contributed by atoms with van der Waals surface area (Å²) in [5.74, 6) is 0.279. The summed E-state index contributed by atoms with van der Waals surface area (Å²) >= 11 is 6.59. The molecule has 0 aliphatic carbocycles. The van der Waals surface area contributed by atoms with Gasteiger partial charge in [-0.3, -0.25) is 0 Å². The lowest BCUT2D eigenvalue weighted by Gasteiger charge is -2.09. The average Bonchev–Trinajstić information content (AvgIpc) is 2.28. The van der Waals surface area contributed by atoms with Gasteiger partial charge in [-0.25, -0.2) is 9.37 Å². The summed E-state index contributed by atoms with van der Waals surface area (Å²) in [5.41, 5.74) is 6.04. The molecule has 0 spiro atoms. The van der Waals surface area contributed by atoms with Crippen LogP contribution in [-0.2, 0) is 0 Å². The molecular weight excluding hydrogens is 355 g/mol.